The summed E-state index contributed by atoms with van der Waals surface area (Å²) >= 11 is 0. The van der Waals surface area contributed by atoms with E-state index in [0.29, 0.717) is 12.0 Å². The summed E-state index contributed by atoms with van der Waals surface area (Å²) in [6, 6.07) is 2.40. The van der Waals surface area contributed by atoms with Crippen molar-refractivity contribution in [2.45, 2.75) is 38.6 Å². The third kappa shape index (κ3) is 3.42. The molecule has 0 aromatic carbocycles. The molecule has 1 heterocycles. The first-order valence-corrected chi connectivity index (χ1v) is 6.01. The minimum atomic E-state index is 0.395. The van der Waals surface area contributed by atoms with E-state index in [4.69, 9.17) is 5.84 Å². The SMILES string of the molecule is Cc1cncc(NC(=NC2CCCC2)NN)c1. The Morgan fingerprint density at radius 2 is 2.18 bits per heavy atom. The topological polar surface area (TPSA) is 75.3 Å². The number of aromatic nitrogens is 1. The zero-order chi connectivity index (χ0) is 12.1. The van der Waals surface area contributed by atoms with Crippen LogP contribution in [0.4, 0.5) is 5.69 Å². The average molecular weight is 233 g/mol. The zero-order valence-electron chi connectivity index (χ0n) is 10.1. The summed E-state index contributed by atoms with van der Waals surface area (Å²) in [7, 11) is 0. The largest absolute Gasteiger partial charge is 0.324 e. The fourth-order valence-corrected chi connectivity index (χ4v) is 2.08. The molecule has 5 heteroatoms. The van der Waals surface area contributed by atoms with E-state index in [2.05, 4.69) is 20.7 Å². The first-order valence-electron chi connectivity index (χ1n) is 6.01. The Labute approximate surface area is 102 Å². The van der Waals surface area contributed by atoms with Gasteiger partial charge in [0.15, 0.2) is 0 Å². The molecule has 0 unspecified atom stereocenters. The van der Waals surface area contributed by atoms with Gasteiger partial charge in [0, 0.05) is 6.20 Å². The fraction of sp³-hybridized carbons (Fsp3) is 0.500. The number of aliphatic imine (C=N–C) groups is 1. The number of rotatable bonds is 2. The molecular formula is C12H19N5. The number of nitrogens with zero attached hydrogens (tertiary/aromatic N) is 2. The molecule has 0 bridgehead atoms. The standard InChI is InChI=1S/C12H19N5/c1-9-6-11(8-14-7-9)16-12(17-13)15-10-4-2-3-5-10/h6-8,10H,2-5,13H2,1H3,(H2,15,16,17). The molecule has 1 aromatic heterocycles. The smallest absolute Gasteiger partial charge is 0.210 e. The highest BCUT2D eigenvalue weighted by molar-refractivity contribution is 5.93. The van der Waals surface area contributed by atoms with Crippen LogP contribution in [0.5, 0.6) is 0 Å². The number of pyridine rings is 1. The van der Waals surface area contributed by atoms with Gasteiger partial charge in [0.05, 0.1) is 17.9 Å². The van der Waals surface area contributed by atoms with Crippen LogP contribution in [0, 0.1) is 6.92 Å². The van der Waals surface area contributed by atoms with Gasteiger partial charge in [-0.2, -0.15) is 0 Å². The molecule has 1 aromatic rings. The van der Waals surface area contributed by atoms with Crippen molar-refractivity contribution in [1.29, 1.82) is 0 Å². The summed E-state index contributed by atoms with van der Waals surface area (Å²) < 4.78 is 0. The molecule has 0 saturated heterocycles. The summed E-state index contributed by atoms with van der Waals surface area (Å²) in [6.45, 7) is 2.00. The van der Waals surface area contributed by atoms with E-state index in [1.165, 1.54) is 12.8 Å². The molecule has 1 aliphatic rings. The van der Waals surface area contributed by atoms with Crippen molar-refractivity contribution in [1.82, 2.24) is 10.4 Å². The number of hydrogen-bond acceptors (Lipinski definition) is 3. The Kier molecular flexibility index (Phi) is 3.93. The first kappa shape index (κ1) is 11.9. The van der Waals surface area contributed by atoms with Crippen LogP contribution in [0.1, 0.15) is 31.2 Å². The average Bonchev–Trinajstić information content (AvgIpc) is 2.81. The number of aryl methyl sites for hydroxylation is 1. The lowest BCUT2D eigenvalue weighted by atomic mass is 10.3. The molecule has 17 heavy (non-hydrogen) atoms. The molecule has 1 fully saturated rings. The van der Waals surface area contributed by atoms with Gasteiger partial charge in [-0.15, -0.1) is 0 Å². The number of nitrogens with two attached hydrogens (primary N) is 1. The zero-order valence-corrected chi connectivity index (χ0v) is 10.1. The molecule has 0 spiro atoms. The lowest BCUT2D eigenvalue weighted by Gasteiger charge is -2.11. The van der Waals surface area contributed by atoms with Gasteiger partial charge in [-0.3, -0.25) is 10.4 Å². The van der Waals surface area contributed by atoms with E-state index in [1.807, 2.05) is 19.2 Å². The monoisotopic (exact) mass is 233 g/mol. The van der Waals surface area contributed by atoms with Crippen LogP contribution < -0.4 is 16.6 Å². The minimum Gasteiger partial charge on any atom is -0.324 e. The fourth-order valence-electron chi connectivity index (χ4n) is 2.08. The van der Waals surface area contributed by atoms with E-state index >= 15 is 0 Å². The normalized spacial score (nSPS) is 17.2. The summed E-state index contributed by atoms with van der Waals surface area (Å²) in [5.41, 5.74) is 4.61. The Balaban J connectivity index is 2.03. The van der Waals surface area contributed by atoms with Gasteiger partial charge in [-0.1, -0.05) is 12.8 Å². The number of anilines is 1. The summed E-state index contributed by atoms with van der Waals surface area (Å²) in [4.78, 5) is 8.68. The van der Waals surface area contributed by atoms with Crippen LogP contribution in [0.2, 0.25) is 0 Å². The van der Waals surface area contributed by atoms with Crippen LogP contribution in [0.25, 0.3) is 0 Å². The van der Waals surface area contributed by atoms with Gasteiger partial charge in [-0.25, -0.2) is 10.8 Å². The maximum Gasteiger partial charge on any atom is 0.210 e. The number of guanidine groups is 1. The van der Waals surface area contributed by atoms with Gasteiger partial charge in [0.25, 0.3) is 0 Å². The molecule has 0 radical (unpaired) electrons. The second-order valence-corrected chi connectivity index (χ2v) is 4.44. The predicted octanol–water partition coefficient (Wildman–Crippen LogP) is 1.56. The molecule has 92 valence electrons. The Morgan fingerprint density at radius 3 is 2.82 bits per heavy atom. The van der Waals surface area contributed by atoms with Crippen molar-refractivity contribution in [3.8, 4) is 0 Å². The Hall–Kier alpha value is -1.62. The van der Waals surface area contributed by atoms with Crippen LogP contribution in [-0.2, 0) is 0 Å². The summed E-state index contributed by atoms with van der Waals surface area (Å²) in [6.07, 6.45) is 8.40. The van der Waals surface area contributed by atoms with Crippen molar-refractivity contribution in [3.05, 3.63) is 24.0 Å². The van der Waals surface area contributed by atoms with Crippen molar-refractivity contribution >= 4 is 11.6 Å². The molecule has 0 amide bonds. The van der Waals surface area contributed by atoms with Gasteiger partial charge < -0.3 is 5.32 Å². The molecule has 2 rings (SSSR count). The molecule has 1 saturated carbocycles. The van der Waals surface area contributed by atoms with E-state index in [1.54, 1.807) is 6.20 Å². The second kappa shape index (κ2) is 5.63. The lowest BCUT2D eigenvalue weighted by Crippen LogP contribution is -2.37. The summed E-state index contributed by atoms with van der Waals surface area (Å²) in [5, 5.41) is 3.15. The summed E-state index contributed by atoms with van der Waals surface area (Å²) in [5.74, 6) is 6.09. The highest BCUT2D eigenvalue weighted by atomic mass is 15.3. The molecule has 5 nitrogen and oxygen atoms in total. The van der Waals surface area contributed by atoms with E-state index in [0.717, 1.165) is 24.1 Å². The van der Waals surface area contributed by atoms with E-state index < -0.39 is 0 Å². The third-order valence-electron chi connectivity index (χ3n) is 2.91. The maximum absolute atomic E-state index is 5.47. The second-order valence-electron chi connectivity index (χ2n) is 4.44. The Bertz CT molecular complexity index is 396. The van der Waals surface area contributed by atoms with Crippen molar-refractivity contribution in [2.24, 2.45) is 10.8 Å². The van der Waals surface area contributed by atoms with Gasteiger partial charge in [0.1, 0.15) is 0 Å². The number of nitrogens with one attached hydrogen (secondary N) is 2. The van der Waals surface area contributed by atoms with E-state index in [-0.39, 0.29) is 0 Å². The van der Waals surface area contributed by atoms with Crippen molar-refractivity contribution in [2.75, 3.05) is 5.32 Å². The third-order valence-corrected chi connectivity index (χ3v) is 2.91. The van der Waals surface area contributed by atoms with Crippen molar-refractivity contribution < 1.29 is 0 Å². The molecule has 4 N–H and O–H groups in total. The first-order chi connectivity index (χ1) is 8.28. The van der Waals surface area contributed by atoms with Gasteiger partial charge in [-0.05, 0) is 31.4 Å². The predicted molar refractivity (Wildman–Crippen MR) is 69.6 cm³/mol. The number of hydrazine groups is 1. The van der Waals surface area contributed by atoms with Crippen LogP contribution >= 0.6 is 0 Å². The van der Waals surface area contributed by atoms with Gasteiger partial charge in [0.2, 0.25) is 5.96 Å². The van der Waals surface area contributed by atoms with Crippen LogP contribution in [0.3, 0.4) is 0 Å². The van der Waals surface area contributed by atoms with Crippen LogP contribution in [-0.4, -0.2) is 17.0 Å². The molecule has 0 atom stereocenters. The molecule has 1 aliphatic carbocycles. The Morgan fingerprint density at radius 1 is 1.41 bits per heavy atom. The van der Waals surface area contributed by atoms with Crippen molar-refractivity contribution in [3.63, 3.8) is 0 Å². The molecule has 0 aliphatic heterocycles. The van der Waals surface area contributed by atoms with Crippen LogP contribution in [0.15, 0.2) is 23.5 Å². The van der Waals surface area contributed by atoms with E-state index in [9.17, 15) is 0 Å². The molecular weight excluding hydrogens is 214 g/mol. The maximum atomic E-state index is 5.47. The highest BCUT2D eigenvalue weighted by Gasteiger charge is 2.14. The highest BCUT2D eigenvalue weighted by Crippen LogP contribution is 2.21. The number of hydrogen-bond donors (Lipinski definition) is 3. The minimum absolute atomic E-state index is 0.395. The van der Waals surface area contributed by atoms with Gasteiger partial charge >= 0.3 is 0 Å². The lowest BCUT2D eigenvalue weighted by molar-refractivity contribution is 0.700. The quantitative estimate of drug-likeness (QED) is 0.314.